The molecule has 0 spiro atoms. The molecule has 2 aromatic rings. The molecule has 4 nitrogen and oxygen atoms in total. The Morgan fingerprint density at radius 2 is 1.59 bits per heavy atom. The molecule has 224 valence electrons. The molecule has 1 aliphatic heterocycles. The molecule has 1 aliphatic carbocycles. The standard InChI is InChI=1S/C31H40F2O3.C4H6O/c32-31(33)3-1-2-22-4-6-23(7-5-22)24-8-10-26(11-9-24)29-16-17-30(36-21-29)27-14-12-25(13-15-27)28(20-35)18-19-34;1-4(2)3-5/h3-11,25,27-30,34-35H,1-2,12-21H2;3H,1H2,2H3. The van der Waals surface area contributed by atoms with Gasteiger partial charge in [0.1, 0.15) is 6.29 Å². The molecule has 2 aromatic carbocycles. The van der Waals surface area contributed by atoms with Gasteiger partial charge in [0.2, 0.25) is 0 Å². The highest BCUT2D eigenvalue weighted by atomic mass is 19.3. The van der Waals surface area contributed by atoms with E-state index in [1.165, 1.54) is 18.4 Å². The van der Waals surface area contributed by atoms with Crippen molar-refractivity contribution in [3.05, 3.63) is 84.0 Å². The van der Waals surface area contributed by atoms with E-state index < -0.39 is 6.08 Å². The highest BCUT2D eigenvalue weighted by Gasteiger charge is 2.34. The van der Waals surface area contributed by atoms with Crippen molar-refractivity contribution < 1.29 is 28.5 Å². The van der Waals surface area contributed by atoms with Crippen molar-refractivity contribution in [2.45, 2.75) is 76.7 Å². The zero-order valence-corrected chi connectivity index (χ0v) is 24.3. The van der Waals surface area contributed by atoms with E-state index in [4.69, 9.17) is 4.74 Å². The maximum absolute atomic E-state index is 12.2. The summed E-state index contributed by atoms with van der Waals surface area (Å²) >= 11 is 0. The van der Waals surface area contributed by atoms with Gasteiger partial charge in [-0.25, -0.2) is 0 Å². The minimum Gasteiger partial charge on any atom is -0.396 e. The summed E-state index contributed by atoms with van der Waals surface area (Å²) in [4.78, 5) is 9.41. The number of benzene rings is 2. The number of hydrogen-bond acceptors (Lipinski definition) is 4. The second-order valence-electron chi connectivity index (χ2n) is 11.6. The number of carbonyl (C=O) groups is 1. The van der Waals surface area contributed by atoms with Gasteiger partial charge in [-0.15, -0.1) is 0 Å². The molecule has 0 amide bonds. The molecular formula is C35H46F2O4. The Kier molecular flexibility index (Phi) is 13.9. The first-order chi connectivity index (χ1) is 19.8. The van der Waals surface area contributed by atoms with E-state index in [-0.39, 0.29) is 19.1 Å². The number of aliphatic hydroxyl groups excluding tert-OH is 2. The van der Waals surface area contributed by atoms with Gasteiger partial charge in [-0.05, 0) is 116 Å². The molecule has 0 aromatic heterocycles. The summed E-state index contributed by atoms with van der Waals surface area (Å²) in [7, 11) is 0. The zero-order valence-electron chi connectivity index (χ0n) is 24.3. The van der Waals surface area contributed by atoms with E-state index in [2.05, 4.69) is 43.0 Å². The van der Waals surface area contributed by atoms with Crippen molar-refractivity contribution in [2.24, 2.45) is 17.8 Å². The number of halogens is 2. The third-order valence-corrected chi connectivity index (χ3v) is 8.66. The fraction of sp³-hybridized carbons (Fsp3) is 0.514. The van der Waals surface area contributed by atoms with E-state index in [0.717, 1.165) is 61.3 Å². The average molecular weight is 569 g/mol. The van der Waals surface area contributed by atoms with Gasteiger partial charge in [-0.3, -0.25) is 4.79 Å². The van der Waals surface area contributed by atoms with Crippen LogP contribution < -0.4 is 0 Å². The SMILES string of the molecule is C=C(C)C=O.OCCC(CO)C1CCC(C2CCC(c3ccc(-c4ccc(CCC=C(F)F)cc4)cc3)CO2)CC1. The van der Waals surface area contributed by atoms with Crippen LogP contribution in [-0.2, 0) is 16.0 Å². The smallest absolute Gasteiger partial charge is 0.266 e. The summed E-state index contributed by atoms with van der Waals surface area (Å²) in [6, 6.07) is 16.9. The van der Waals surface area contributed by atoms with Crippen LogP contribution in [0.1, 0.15) is 75.3 Å². The second-order valence-corrected chi connectivity index (χ2v) is 11.6. The predicted octanol–water partition coefficient (Wildman–Crippen LogP) is 7.89. The quantitative estimate of drug-likeness (QED) is 0.214. The molecule has 4 rings (SSSR count). The third-order valence-electron chi connectivity index (χ3n) is 8.66. The van der Waals surface area contributed by atoms with Crippen molar-refractivity contribution in [1.82, 2.24) is 0 Å². The highest BCUT2D eigenvalue weighted by Crippen LogP contribution is 2.40. The van der Waals surface area contributed by atoms with Crippen molar-refractivity contribution in [3.63, 3.8) is 0 Å². The van der Waals surface area contributed by atoms with E-state index in [1.807, 2.05) is 12.1 Å². The lowest BCUT2D eigenvalue weighted by Crippen LogP contribution is -2.35. The van der Waals surface area contributed by atoms with Crippen LogP contribution in [0.15, 0.2) is 72.8 Å². The number of carbonyl (C=O) groups excluding carboxylic acids is 1. The molecule has 41 heavy (non-hydrogen) atoms. The first-order valence-electron chi connectivity index (χ1n) is 15.0. The summed E-state index contributed by atoms with van der Waals surface area (Å²) in [6.07, 6.45) is 8.97. The average Bonchev–Trinajstić information content (AvgIpc) is 3.01. The van der Waals surface area contributed by atoms with Gasteiger partial charge in [-0.1, -0.05) is 55.1 Å². The van der Waals surface area contributed by atoms with Crippen LogP contribution >= 0.6 is 0 Å². The van der Waals surface area contributed by atoms with Crippen LogP contribution in [-0.4, -0.2) is 42.4 Å². The molecule has 2 N–H and O–H groups in total. The normalized spacial score (nSPS) is 23.0. The number of ether oxygens (including phenoxy) is 1. The number of aryl methyl sites for hydroxylation is 1. The maximum Gasteiger partial charge on any atom is 0.266 e. The number of aliphatic hydroxyl groups is 2. The van der Waals surface area contributed by atoms with Gasteiger partial charge in [0.15, 0.2) is 0 Å². The molecule has 0 bridgehead atoms. The summed E-state index contributed by atoms with van der Waals surface area (Å²) in [5.74, 6) is 1.83. The monoisotopic (exact) mass is 568 g/mol. The van der Waals surface area contributed by atoms with Gasteiger partial charge < -0.3 is 14.9 Å². The lowest BCUT2D eigenvalue weighted by Gasteiger charge is -2.39. The Balaban J connectivity index is 0.000000850. The minimum atomic E-state index is -1.61. The molecule has 6 heteroatoms. The first kappa shape index (κ1) is 32.8. The van der Waals surface area contributed by atoms with Crippen LogP contribution in [0, 0.1) is 17.8 Å². The van der Waals surface area contributed by atoms with Crippen molar-refractivity contribution in [2.75, 3.05) is 19.8 Å². The van der Waals surface area contributed by atoms with Crippen molar-refractivity contribution in [1.29, 1.82) is 0 Å². The van der Waals surface area contributed by atoms with Crippen molar-refractivity contribution in [3.8, 4) is 11.1 Å². The molecule has 2 aliphatic rings. The van der Waals surface area contributed by atoms with E-state index in [0.29, 0.717) is 48.7 Å². The van der Waals surface area contributed by atoms with Crippen LogP contribution in [0.5, 0.6) is 0 Å². The van der Waals surface area contributed by atoms with Gasteiger partial charge >= 0.3 is 0 Å². The minimum absolute atomic E-state index is 0.162. The molecule has 0 radical (unpaired) electrons. The van der Waals surface area contributed by atoms with Gasteiger partial charge in [-0.2, -0.15) is 8.78 Å². The lowest BCUT2D eigenvalue weighted by molar-refractivity contribution is -0.104. The van der Waals surface area contributed by atoms with Crippen LogP contribution in [0.25, 0.3) is 11.1 Å². The largest absolute Gasteiger partial charge is 0.396 e. The van der Waals surface area contributed by atoms with Crippen LogP contribution in [0.3, 0.4) is 0 Å². The number of allylic oxidation sites excluding steroid dienone is 2. The van der Waals surface area contributed by atoms with Gasteiger partial charge in [0.05, 0.1) is 12.7 Å². The second kappa shape index (κ2) is 17.3. The van der Waals surface area contributed by atoms with E-state index in [1.54, 1.807) is 6.92 Å². The van der Waals surface area contributed by atoms with Crippen molar-refractivity contribution >= 4 is 6.29 Å². The Bertz CT molecular complexity index is 1080. The molecule has 2 fully saturated rings. The topological polar surface area (TPSA) is 66.8 Å². The highest BCUT2D eigenvalue weighted by molar-refractivity contribution is 5.70. The maximum atomic E-state index is 12.2. The lowest BCUT2D eigenvalue weighted by atomic mass is 9.72. The zero-order chi connectivity index (χ0) is 29.6. The predicted molar refractivity (Wildman–Crippen MR) is 161 cm³/mol. The first-order valence-corrected chi connectivity index (χ1v) is 15.0. The van der Waals surface area contributed by atoms with Gasteiger partial charge in [0.25, 0.3) is 6.08 Å². The molecule has 1 saturated heterocycles. The third kappa shape index (κ3) is 10.6. The molecule has 1 saturated carbocycles. The van der Waals surface area contributed by atoms with Gasteiger partial charge in [0, 0.05) is 19.1 Å². The van der Waals surface area contributed by atoms with E-state index >= 15 is 0 Å². The molecule has 1 heterocycles. The van der Waals surface area contributed by atoms with E-state index in [9.17, 15) is 23.8 Å². The fourth-order valence-corrected chi connectivity index (χ4v) is 6.20. The summed E-state index contributed by atoms with van der Waals surface area (Å²) in [6.45, 7) is 6.09. The number of rotatable bonds is 11. The summed E-state index contributed by atoms with van der Waals surface area (Å²) in [5, 5.41) is 18.9. The molecular weight excluding hydrogens is 522 g/mol. The fourth-order valence-electron chi connectivity index (χ4n) is 6.20. The Morgan fingerprint density at radius 3 is 2.07 bits per heavy atom. The number of aldehydes is 1. The molecule has 3 unspecified atom stereocenters. The van der Waals surface area contributed by atoms with Crippen LogP contribution in [0.4, 0.5) is 8.78 Å². The number of hydrogen-bond donors (Lipinski definition) is 2. The van der Waals surface area contributed by atoms with Crippen LogP contribution in [0.2, 0.25) is 0 Å². The molecule has 3 atom stereocenters. The Morgan fingerprint density at radius 1 is 0.976 bits per heavy atom. The Hall–Kier alpha value is -2.67. The Labute approximate surface area is 244 Å². The summed E-state index contributed by atoms with van der Waals surface area (Å²) in [5.41, 5.74) is 5.26. The summed E-state index contributed by atoms with van der Waals surface area (Å²) < 4.78 is 30.8.